The second-order valence-electron chi connectivity index (χ2n) is 14.3. The first-order valence-electron chi connectivity index (χ1n) is 18.4. The summed E-state index contributed by atoms with van der Waals surface area (Å²) in [5, 5.41) is 15.4. The molecule has 14 heteroatoms. The Morgan fingerprint density at radius 3 is 2.33 bits per heavy atom. The molecule has 3 aliphatic heterocycles. The minimum atomic E-state index is -3.08. The van der Waals surface area contributed by atoms with Gasteiger partial charge in [0.2, 0.25) is 0 Å². The lowest BCUT2D eigenvalue weighted by atomic mass is 9.86. The Morgan fingerprint density at radius 2 is 1.65 bits per heavy atom. The molecule has 2 unspecified atom stereocenters. The van der Waals surface area contributed by atoms with E-state index in [1.807, 2.05) is 36.4 Å². The first kappa shape index (κ1) is 38.8. The Balaban J connectivity index is 1.10. The van der Waals surface area contributed by atoms with Gasteiger partial charge in [-0.1, -0.05) is 71.7 Å². The number of fused-ring (bicyclic) bond motifs is 3. The average molecular weight is 797 g/mol. The molecule has 2 bridgehead atoms. The molecule has 290 valence electrons. The van der Waals surface area contributed by atoms with Gasteiger partial charge in [-0.05, 0) is 91.6 Å². The van der Waals surface area contributed by atoms with Crippen molar-refractivity contribution in [2.24, 2.45) is 11.8 Å². The lowest BCUT2D eigenvalue weighted by molar-refractivity contribution is -0.605. The van der Waals surface area contributed by atoms with E-state index in [1.165, 1.54) is 18.2 Å². The Bertz CT molecular complexity index is 1960. The molecule has 8 rings (SSSR count). The molecule has 0 spiro atoms. The largest absolute Gasteiger partial charge is 0.619 e. The highest BCUT2D eigenvalue weighted by Crippen LogP contribution is 2.38. The predicted molar refractivity (Wildman–Crippen MR) is 200 cm³/mol. The summed E-state index contributed by atoms with van der Waals surface area (Å²) in [6.45, 7) is 0.281. The number of carbonyl (C=O) groups is 2. The van der Waals surface area contributed by atoms with E-state index in [2.05, 4.69) is 10.2 Å². The van der Waals surface area contributed by atoms with Crippen LogP contribution in [-0.4, -0.2) is 55.8 Å². The van der Waals surface area contributed by atoms with Crippen LogP contribution in [0.2, 0.25) is 10.0 Å². The lowest BCUT2D eigenvalue weighted by Gasteiger charge is -2.44. The van der Waals surface area contributed by atoms with Crippen LogP contribution in [0, 0.1) is 17.0 Å². The highest BCUT2D eigenvalue weighted by atomic mass is 35.5. The van der Waals surface area contributed by atoms with Crippen LogP contribution >= 0.6 is 23.2 Å². The van der Waals surface area contributed by atoms with Crippen LogP contribution < -0.4 is 19.5 Å². The average Bonchev–Trinajstić information content (AvgIpc) is 4.01. The Labute approximate surface area is 327 Å². The molecular formula is C41H41Cl2F2N3O7. The summed E-state index contributed by atoms with van der Waals surface area (Å²) in [7, 11) is 0. The maximum atomic E-state index is 13.9. The molecule has 3 aromatic carbocycles. The molecule has 1 aromatic heterocycles. The molecule has 3 saturated heterocycles. The third-order valence-corrected chi connectivity index (χ3v) is 11.0. The van der Waals surface area contributed by atoms with Gasteiger partial charge in [-0.15, -0.1) is 0 Å². The number of hydrogen-bond donors (Lipinski definition) is 1. The van der Waals surface area contributed by atoms with E-state index in [9.17, 15) is 23.6 Å². The fourth-order valence-corrected chi connectivity index (χ4v) is 7.73. The van der Waals surface area contributed by atoms with E-state index in [1.54, 1.807) is 18.2 Å². The zero-order valence-electron chi connectivity index (χ0n) is 29.9. The summed E-state index contributed by atoms with van der Waals surface area (Å²) in [6, 6.07) is 19.8. The van der Waals surface area contributed by atoms with Crippen LogP contribution in [0.4, 0.5) is 8.78 Å². The quantitative estimate of drug-likeness (QED) is 0.0695. The zero-order chi connectivity index (χ0) is 38.5. The molecule has 4 aliphatic rings. The van der Waals surface area contributed by atoms with Crippen molar-refractivity contribution < 1.29 is 42.0 Å². The lowest BCUT2D eigenvalue weighted by Crippen LogP contribution is -2.52. The van der Waals surface area contributed by atoms with Gasteiger partial charge in [-0.25, -0.2) is 9.59 Å². The third-order valence-electron chi connectivity index (χ3n) is 10.3. The monoisotopic (exact) mass is 795 g/mol. The van der Waals surface area contributed by atoms with Gasteiger partial charge in [0.1, 0.15) is 28.3 Å². The van der Waals surface area contributed by atoms with Gasteiger partial charge in [-0.2, -0.15) is 13.5 Å². The smallest absolute Gasteiger partial charge is 0.387 e. The number of pyridine rings is 1. The van der Waals surface area contributed by atoms with E-state index in [0.29, 0.717) is 39.9 Å². The van der Waals surface area contributed by atoms with Gasteiger partial charge in [0.25, 0.3) is 0 Å². The number of rotatable bonds is 16. The van der Waals surface area contributed by atoms with E-state index in [0.717, 1.165) is 63.3 Å². The molecule has 1 saturated carbocycles. The number of nitrogens with one attached hydrogen (secondary N) is 1. The molecule has 4 fully saturated rings. The van der Waals surface area contributed by atoms with Crippen molar-refractivity contribution in [2.45, 2.75) is 63.5 Å². The summed E-state index contributed by atoms with van der Waals surface area (Å²) in [6.07, 6.45) is 5.01. The number of hydrogen-bond acceptors (Lipinski definition) is 9. The van der Waals surface area contributed by atoms with Crippen LogP contribution in [-0.2, 0) is 27.2 Å². The van der Waals surface area contributed by atoms with Crippen molar-refractivity contribution in [3.8, 4) is 11.5 Å². The number of halogens is 4. The number of nitrogens with zero attached hydrogens (tertiary/aromatic N) is 2. The maximum absolute atomic E-state index is 13.9. The number of carbonyl (C=O) groups excluding carboxylic acids is 2. The number of ether oxygens (including phenoxy) is 4. The van der Waals surface area contributed by atoms with Gasteiger partial charge in [-0.3, -0.25) is 10.2 Å². The summed E-state index contributed by atoms with van der Waals surface area (Å²) < 4.78 is 49.8. The summed E-state index contributed by atoms with van der Waals surface area (Å²) in [5.41, 5.74) is 2.44. The number of aromatic nitrogens is 1. The molecule has 3 atom stereocenters. The van der Waals surface area contributed by atoms with Gasteiger partial charge >= 0.3 is 18.6 Å². The Kier molecular flexibility index (Phi) is 12.4. The molecule has 0 radical (unpaired) electrons. The van der Waals surface area contributed by atoms with Crippen molar-refractivity contribution in [1.29, 1.82) is 0 Å². The summed E-state index contributed by atoms with van der Waals surface area (Å²) in [5.74, 6) is -0.452. The van der Waals surface area contributed by atoms with E-state index in [-0.39, 0.29) is 52.1 Å². The molecule has 1 aliphatic carbocycles. The van der Waals surface area contributed by atoms with Gasteiger partial charge in [0.05, 0.1) is 12.2 Å². The number of alkyl halides is 2. The minimum absolute atomic E-state index is 0.0525. The molecule has 1 N–H and O–H groups in total. The highest BCUT2D eigenvalue weighted by molar-refractivity contribution is 6.35. The topological polar surface area (TPSA) is 113 Å². The Hall–Kier alpha value is -4.49. The molecule has 4 heterocycles. The number of piperidine rings is 3. The van der Waals surface area contributed by atoms with E-state index in [4.69, 9.17) is 42.1 Å². The normalized spacial score (nSPS) is 20.1. The third kappa shape index (κ3) is 10.0. The van der Waals surface area contributed by atoms with Crippen LogP contribution in [0.1, 0.15) is 70.4 Å². The first-order chi connectivity index (χ1) is 26.6. The van der Waals surface area contributed by atoms with Crippen LogP contribution in [0.5, 0.6) is 11.5 Å². The fourth-order valence-electron chi connectivity index (χ4n) is 7.13. The van der Waals surface area contributed by atoms with Crippen molar-refractivity contribution >= 4 is 35.1 Å². The fraction of sp³-hybridized carbons (Fsp3) is 0.390. The summed E-state index contributed by atoms with van der Waals surface area (Å²) in [4.78, 5) is 29.9. The van der Waals surface area contributed by atoms with Gasteiger partial charge in [0, 0.05) is 25.1 Å². The highest BCUT2D eigenvalue weighted by Gasteiger charge is 2.38. The van der Waals surface area contributed by atoms with Crippen LogP contribution in [0.3, 0.4) is 0 Å². The summed E-state index contributed by atoms with van der Waals surface area (Å²) >= 11 is 12.9. The Morgan fingerprint density at radius 1 is 0.909 bits per heavy atom. The minimum Gasteiger partial charge on any atom is -0.619 e. The standard InChI is InChI=1S/C41H41Cl2F2N3O7/c42-32-21-48(51)22-33(43)31(32)19-35(29-11-12-34(55-41(44)45)36(18-29)52-24-25-9-10-25)53-39(49)30-8-4-5-26(17-30)20-46-38(28-6-2-1-3-7-28)40(50)54-37-23-47-15-13-27(37)14-16-47/h1-8,11-12,17-18,21-22,25,27,35,37-38,41,46H,9-10,13-16,19-20,23-24H2/t35?,37-,38?/m0/s1. The van der Waals surface area contributed by atoms with Crippen LogP contribution in [0.25, 0.3) is 0 Å². The zero-order valence-corrected chi connectivity index (χ0v) is 31.4. The van der Waals surface area contributed by atoms with E-state index >= 15 is 0 Å². The number of benzene rings is 3. The van der Waals surface area contributed by atoms with Crippen LogP contribution in [0.15, 0.2) is 85.2 Å². The van der Waals surface area contributed by atoms with Gasteiger partial charge < -0.3 is 24.2 Å². The molecule has 4 aromatic rings. The van der Waals surface area contributed by atoms with Crippen molar-refractivity contribution in [2.75, 3.05) is 26.2 Å². The van der Waals surface area contributed by atoms with E-state index < -0.39 is 24.7 Å². The predicted octanol–water partition coefficient (Wildman–Crippen LogP) is 7.63. The molecule has 10 nitrogen and oxygen atoms in total. The second-order valence-corrected chi connectivity index (χ2v) is 15.1. The maximum Gasteiger partial charge on any atom is 0.387 e. The van der Waals surface area contributed by atoms with Crippen molar-refractivity contribution in [3.63, 3.8) is 0 Å². The van der Waals surface area contributed by atoms with Gasteiger partial charge in [0.15, 0.2) is 23.9 Å². The molecule has 55 heavy (non-hydrogen) atoms. The SMILES string of the molecule is O=C(OC(Cc1c(Cl)c[n+]([O-])cc1Cl)c1ccc(OC(F)F)c(OCC2CC2)c1)c1cccc(CNC(C(=O)O[C@H]2CN3CCC2CC3)c2ccccc2)c1. The van der Waals surface area contributed by atoms with Crippen molar-refractivity contribution in [1.82, 2.24) is 10.2 Å². The molecule has 0 amide bonds. The second kappa shape index (κ2) is 17.5. The number of esters is 2. The first-order valence-corrected chi connectivity index (χ1v) is 19.1. The van der Waals surface area contributed by atoms with Crippen molar-refractivity contribution in [3.05, 3.63) is 128 Å². The molecular weight excluding hydrogens is 755 g/mol.